The lowest BCUT2D eigenvalue weighted by Gasteiger charge is -2.27. The van der Waals surface area contributed by atoms with Crippen LogP contribution in [0.15, 0.2) is 47.4 Å². The Morgan fingerprint density at radius 3 is 2.61 bits per heavy atom. The molecule has 0 bridgehead atoms. The highest BCUT2D eigenvalue weighted by molar-refractivity contribution is 7.89. The van der Waals surface area contributed by atoms with E-state index in [0.29, 0.717) is 16.6 Å². The van der Waals surface area contributed by atoms with Crippen LogP contribution in [0.4, 0.5) is 0 Å². The first-order valence-corrected chi connectivity index (χ1v) is 12.1. The van der Waals surface area contributed by atoms with Crippen molar-refractivity contribution in [3.63, 3.8) is 0 Å². The molecule has 2 heterocycles. The summed E-state index contributed by atoms with van der Waals surface area (Å²) in [5.41, 5.74) is 1.18. The van der Waals surface area contributed by atoms with Gasteiger partial charge in [0.1, 0.15) is 0 Å². The molecule has 0 aliphatic carbocycles. The smallest absolute Gasteiger partial charge is 0.254 e. The minimum absolute atomic E-state index is 0.00154. The van der Waals surface area contributed by atoms with Crippen LogP contribution in [0.1, 0.15) is 34.8 Å². The van der Waals surface area contributed by atoms with Gasteiger partial charge >= 0.3 is 0 Å². The molecule has 2 saturated heterocycles. The number of carbonyl (C=O) groups excluding carboxylic acids is 2. The number of hydrogen-bond acceptors (Lipinski definition) is 4. The van der Waals surface area contributed by atoms with Gasteiger partial charge in [-0.05, 0) is 48.7 Å². The van der Waals surface area contributed by atoms with Crippen LogP contribution in [-0.2, 0) is 14.8 Å². The Morgan fingerprint density at radius 1 is 1.06 bits per heavy atom. The van der Waals surface area contributed by atoms with Gasteiger partial charge in [-0.1, -0.05) is 35.3 Å². The van der Waals surface area contributed by atoms with E-state index in [4.69, 9.17) is 23.2 Å². The molecular weight excluding hydrogens is 461 g/mol. The fourth-order valence-electron chi connectivity index (χ4n) is 4.00. The maximum atomic E-state index is 13.3. The number of carbonyl (C=O) groups is 2. The first kappa shape index (κ1) is 22.1. The maximum Gasteiger partial charge on any atom is 0.254 e. The predicted octanol–water partition coefficient (Wildman–Crippen LogP) is 3.09. The predicted molar refractivity (Wildman–Crippen MR) is 118 cm³/mol. The average Bonchev–Trinajstić information content (AvgIpc) is 3.25. The van der Waals surface area contributed by atoms with E-state index < -0.39 is 10.0 Å². The van der Waals surface area contributed by atoms with Gasteiger partial charge in [0.05, 0.1) is 27.5 Å². The van der Waals surface area contributed by atoms with Crippen molar-refractivity contribution in [3.8, 4) is 0 Å². The third kappa shape index (κ3) is 4.43. The van der Waals surface area contributed by atoms with Crippen LogP contribution in [0.5, 0.6) is 0 Å². The summed E-state index contributed by atoms with van der Waals surface area (Å²) < 4.78 is 27.1. The quantitative estimate of drug-likeness (QED) is 0.726. The first-order chi connectivity index (χ1) is 14.8. The van der Waals surface area contributed by atoms with Gasteiger partial charge in [-0.2, -0.15) is 4.31 Å². The van der Waals surface area contributed by atoms with Crippen molar-refractivity contribution < 1.29 is 18.0 Å². The molecular formula is C21H21Cl2N3O4S. The summed E-state index contributed by atoms with van der Waals surface area (Å²) in [7, 11) is -3.88. The third-order valence-corrected chi connectivity index (χ3v) is 8.14. The molecule has 31 heavy (non-hydrogen) atoms. The van der Waals surface area contributed by atoms with Crippen molar-refractivity contribution >= 4 is 45.0 Å². The van der Waals surface area contributed by atoms with Crippen molar-refractivity contribution in [1.82, 2.24) is 14.5 Å². The van der Waals surface area contributed by atoms with E-state index in [9.17, 15) is 18.0 Å². The molecule has 0 radical (unpaired) electrons. The Morgan fingerprint density at radius 2 is 1.87 bits per heavy atom. The van der Waals surface area contributed by atoms with Gasteiger partial charge in [-0.3, -0.25) is 9.59 Å². The Balaban J connectivity index is 1.60. The van der Waals surface area contributed by atoms with Crippen LogP contribution >= 0.6 is 23.2 Å². The summed E-state index contributed by atoms with van der Waals surface area (Å²) in [5, 5.41) is 3.48. The molecule has 0 aromatic heterocycles. The molecule has 1 unspecified atom stereocenters. The van der Waals surface area contributed by atoms with Crippen molar-refractivity contribution in [2.24, 2.45) is 0 Å². The van der Waals surface area contributed by atoms with Gasteiger partial charge in [-0.15, -0.1) is 0 Å². The van der Waals surface area contributed by atoms with Gasteiger partial charge in [0.25, 0.3) is 5.91 Å². The molecule has 2 amide bonds. The zero-order valence-corrected chi connectivity index (χ0v) is 18.9. The van der Waals surface area contributed by atoms with Crippen LogP contribution in [0.25, 0.3) is 0 Å². The van der Waals surface area contributed by atoms with E-state index in [-0.39, 0.29) is 47.9 Å². The highest BCUT2D eigenvalue weighted by Crippen LogP contribution is 2.36. The summed E-state index contributed by atoms with van der Waals surface area (Å²) in [6, 6.07) is 11.2. The topological polar surface area (TPSA) is 86.8 Å². The number of likely N-dealkylation sites (tertiary alicyclic amines) is 1. The fraction of sp³-hybridized carbons (Fsp3) is 0.333. The number of nitrogens with zero attached hydrogens (tertiary/aromatic N) is 2. The second kappa shape index (κ2) is 8.78. The minimum Gasteiger partial charge on any atom is -0.354 e. The van der Waals surface area contributed by atoms with E-state index >= 15 is 0 Å². The van der Waals surface area contributed by atoms with Crippen LogP contribution in [0.2, 0.25) is 10.0 Å². The van der Waals surface area contributed by atoms with Crippen molar-refractivity contribution in [2.45, 2.75) is 23.8 Å². The number of halogens is 2. The first-order valence-electron chi connectivity index (χ1n) is 9.90. The molecule has 2 aliphatic rings. The van der Waals surface area contributed by atoms with Crippen molar-refractivity contribution in [2.75, 3.05) is 26.2 Å². The van der Waals surface area contributed by atoms with Crippen LogP contribution in [0.3, 0.4) is 0 Å². The number of sulfonamides is 1. The van der Waals surface area contributed by atoms with E-state index in [1.165, 1.54) is 12.1 Å². The molecule has 2 fully saturated rings. The standard InChI is InChI=1S/C21H21Cl2N3O4S/c22-17-7-6-14(12-18(17)23)19-5-2-9-26(19)21(28)15-3-1-4-16(11-15)31(29,30)25-10-8-24-20(27)13-25/h1,3-4,6-7,11-12,19H,2,5,8-10,13H2,(H,24,27). The number of piperazine rings is 1. The van der Waals surface area contributed by atoms with E-state index in [0.717, 1.165) is 22.7 Å². The van der Waals surface area contributed by atoms with E-state index in [1.54, 1.807) is 29.2 Å². The Kier molecular flexibility index (Phi) is 6.25. The molecule has 4 rings (SSSR count). The van der Waals surface area contributed by atoms with Crippen LogP contribution in [0, 0.1) is 0 Å². The number of benzene rings is 2. The molecule has 10 heteroatoms. The van der Waals surface area contributed by atoms with Crippen molar-refractivity contribution in [1.29, 1.82) is 0 Å². The van der Waals surface area contributed by atoms with E-state index in [2.05, 4.69) is 5.32 Å². The van der Waals surface area contributed by atoms with Crippen molar-refractivity contribution in [3.05, 3.63) is 63.6 Å². The SMILES string of the molecule is O=C1CN(S(=O)(=O)c2cccc(C(=O)N3CCCC3c3ccc(Cl)c(Cl)c3)c2)CCN1. The minimum atomic E-state index is -3.88. The monoisotopic (exact) mass is 481 g/mol. The summed E-state index contributed by atoms with van der Waals surface area (Å²) in [4.78, 5) is 26.6. The molecule has 0 spiro atoms. The largest absolute Gasteiger partial charge is 0.354 e. The third-order valence-electron chi connectivity index (χ3n) is 5.56. The summed E-state index contributed by atoms with van der Waals surface area (Å²) in [5.74, 6) is -0.592. The number of nitrogens with one attached hydrogen (secondary N) is 1. The summed E-state index contributed by atoms with van der Waals surface area (Å²) in [6.07, 6.45) is 1.61. The molecule has 1 atom stereocenters. The Labute approximate surface area is 191 Å². The molecule has 164 valence electrons. The highest BCUT2D eigenvalue weighted by Gasteiger charge is 2.33. The maximum absolute atomic E-state index is 13.3. The molecule has 2 aromatic rings. The van der Waals surface area contributed by atoms with E-state index in [1.807, 2.05) is 6.07 Å². The summed E-state index contributed by atoms with van der Waals surface area (Å²) >= 11 is 12.2. The van der Waals surface area contributed by atoms with Gasteiger partial charge in [-0.25, -0.2) is 8.42 Å². The highest BCUT2D eigenvalue weighted by atomic mass is 35.5. The van der Waals surface area contributed by atoms with Gasteiger partial charge in [0.2, 0.25) is 15.9 Å². The molecule has 1 N–H and O–H groups in total. The van der Waals surface area contributed by atoms with Crippen LogP contribution < -0.4 is 5.32 Å². The lowest BCUT2D eigenvalue weighted by Crippen LogP contribution is -2.49. The fourth-order valence-corrected chi connectivity index (χ4v) is 5.75. The number of rotatable bonds is 4. The zero-order chi connectivity index (χ0) is 22.2. The van der Waals surface area contributed by atoms with Gasteiger partial charge in [0, 0.05) is 25.2 Å². The van der Waals surface area contributed by atoms with Gasteiger partial charge in [0.15, 0.2) is 0 Å². The lowest BCUT2D eigenvalue weighted by atomic mass is 10.0. The average molecular weight is 482 g/mol. The zero-order valence-electron chi connectivity index (χ0n) is 16.6. The molecule has 0 saturated carbocycles. The molecule has 7 nitrogen and oxygen atoms in total. The second-order valence-corrected chi connectivity index (χ2v) is 10.3. The lowest BCUT2D eigenvalue weighted by molar-refractivity contribution is -0.122. The summed E-state index contributed by atoms with van der Waals surface area (Å²) in [6.45, 7) is 0.784. The molecule has 2 aromatic carbocycles. The second-order valence-electron chi connectivity index (χ2n) is 7.55. The molecule has 2 aliphatic heterocycles. The van der Waals surface area contributed by atoms with Gasteiger partial charge < -0.3 is 10.2 Å². The number of hydrogen-bond donors (Lipinski definition) is 1. The number of amides is 2. The van der Waals surface area contributed by atoms with Crippen LogP contribution in [-0.4, -0.2) is 55.6 Å². The Bertz CT molecular complexity index is 1140. The normalized spacial score (nSPS) is 20.0. The Hall–Kier alpha value is -2.13.